The van der Waals surface area contributed by atoms with Gasteiger partial charge in [-0.15, -0.1) is 12.6 Å². The summed E-state index contributed by atoms with van der Waals surface area (Å²) in [4.78, 5) is 1.02. The molecule has 0 unspecified atom stereocenters. The molecule has 0 heterocycles. The van der Waals surface area contributed by atoms with E-state index in [0.29, 0.717) is 5.41 Å². The Morgan fingerprint density at radius 2 is 1.17 bits per heavy atom. The highest BCUT2D eigenvalue weighted by Gasteiger charge is 1.95. The highest BCUT2D eigenvalue weighted by atomic mass is 32.1. The van der Waals surface area contributed by atoms with E-state index in [1.165, 1.54) is 30.0 Å². The molecule has 0 bridgehead atoms. The van der Waals surface area contributed by atoms with Gasteiger partial charge in [0.05, 0.1) is 0 Å². The van der Waals surface area contributed by atoms with E-state index in [0.717, 1.165) is 10.8 Å². The quantitative estimate of drug-likeness (QED) is 0.464. The molecular weight excluding hydrogens is 296 g/mol. The van der Waals surface area contributed by atoms with Gasteiger partial charge >= 0.3 is 0 Å². The first-order chi connectivity index (χ1) is 10.6. The van der Waals surface area contributed by atoms with Crippen molar-refractivity contribution in [3.8, 4) is 0 Å². The second kappa shape index (κ2) is 11.6. The minimum absolute atomic E-state index is 0.500. The van der Waals surface area contributed by atoms with Crippen molar-refractivity contribution in [2.45, 2.75) is 72.6 Å². The normalized spacial score (nSPS) is 12.2. The molecule has 0 spiro atoms. The summed E-state index contributed by atoms with van der Waals surface area (Å²) in [6, 6.07) is 14.4. The predicted molar refractivity (Wildman–Crippen MR) is 111 cm³/mol. The third-order valence-electron chi connectivity index (χ3n) is 2.09. The molecule has 0 atom stereocenters. The van der Waals surface area contributed by atoms with Crippen LogP contribution in [-0.4, -0.2) is 0 Å². The van der Waals surface area contributed by atoms with E-state index >= 15 is 0 Å². The Bertz CT molecular complexity index is 521. The number of hydrogen-bond donors (Lipinski definition) is 1. The number of fused-ring (bicyclic) bond motifs is 1. The van der Waals surface area contributed by atoms with Crippen molar-refractivity contribution in [1.82, 2.24) is 0 Å². The molecule has 0 radical (unpaired) electrons. The minimum atomic E-state index is 0.500. The van der Waals surface area contributed by atoms with Gasteiger partial charge in [-0.25, -0.2) is 0 Å². The Balaban J connectivity index is 0.000000337. The fraction of sp³-hybridized carbons (Fsp3) is 0.545. The monoisotopic (exact) mass is 332 g/mol. The molecule has 2 aromatic rings. The summed E-state index contributed by atoms with van der Waals surface area (Å²) >= 11 is 4.26. The van der Waals surface area contributed by atoms with Gasteiger partial charge in [0.15, 0.2) is 0 Å². The van der Waals surface area contributed by atoms with Crippen LogP contribution in [0.4, 0.5) is 0 Å². The molecular formula is C22H36S. The van der Waals surface area contributed by atoms with Crippen LogP contribution in [-0.2, 0) is 0 Å². The van der Waals surface area contributed by atoms with Crippen molar-refractivity contribution in [3.63, 3.8) is 0 Å². The van der Waals surface area contributed by atoms with Gasteiger partial charge in [0, 0.05) is 4.90 Å². The molecule has 130 valence electrons. The standard InChI is InChI=1S/C10H8S.C5H12.C4H10.C3H6/c11-10-6-5-8-3-1-2-4-9(8)7-10;1-5(2,3)4;1-4(2)3;1-2-3-1/h1-7,11H;1-4H3;4H,1-3H3;1-3H2. The zero-order chi connectivity index (χ0) is 17.9. The van der Waals surface area contributed by atoms with Crippen LogP contribution in [0.15, 0.2) is 47.4 Å². The summed E-state index contributed by atoms with van der Waals surface area (Å²) in [5, 5.41) is 2.52. The molecule has 1 fully saturated rings. The van der Waals surface area contributed by atoms with E-state index in [1.54, 1.807) is 0 Å². The van der Waals surface area contributed by atoms with Gasteiger partial charge in [-0.05, 0) is 34.2 Å². The fourth-order valence-corrected chi connectivity index (χ4v) is 1.39. The zero-order valence-electron chi connectivity index (χ0n) is 16.2. The van der Waals surface area contributed by atoms with Gasteiger partial charge in [-0.3, -0.25) is 0 Å². The Kier molecular flexibility index (Phi) is 11.1. The molecule has 1 saturated carbocycles. The average Bonchev–Trinajstić information content (AvgIpc) is 3.24. The summed E-state index contributed by atoms with van der Waals surface area (Å²) in [5.41, 5.74) is 0.500. The van der Waals surface area contributed by atoms with Crippen molar-refractivity contribution in [2.75, 3.05) is 0 Å². The van der Waals surface area contributed by atoms with E-state index in [9.17, 15) is 0 Å². The van der Waals surface area contributed by atoms with Crippen molar-refractivity contribution in [1.29, 1.82) is 0 Å². The molecule has 0 nitrogen and oxygen atoms in total. The van der Waals surface area contributed by atoms with Gasteiger partial charge in [0.25, 0.3) is 0 Å². The van der Waals surface area contributed by atoms with Crippen LogP contribution in [0, 0.1) is 11.3 Å². The molecule has 0 aromatic heterocycles. The third kappa shape index (κ3) is 19.0. The van der Waals surface area contributed by atoms with Crippen LogP contribution >= 0.6 is 12.6 Å². The van der Waals surface area contributed by atoms with Gasteiger partial charge in [0.2, 0.25) is 0 Å². The molecule has 23 heavy (non-hydrogen) atoms. The lowest BCUT2D eigenvalue weighted by Crippen LogP contribution is -1.93. The topological polar surface area (TPSA) is 0 Å². The Morgan fingerprint density at radius 1 is 0.783 bits per heavy atom. The fourth-order valence-electron chi connectivity index (χ4n) is 1.18. The van der Waals surface area contributed by atoms with E-state index in [2.05, 4.69) is 85.4 Å². The summed E-state index contributed by atoms with van der Waals surface area (Å²) < 4.78 is 0. The van der Waals surface area contributed by atoms with E-state index in [-0.39, 0.29) is 0 Å². The van der Waals surface area contributed by atoms with Crippen molar-refractivity contribution in [3.05, 3.63) is 42.5 Å². The number of hydrogen-bond acceptors (Lipinski definition) is 1. The molecule has 0 saturated heterocycles. The third-order valence-corrected chi connectivity index (χ3v) is 2.36. The molecule has 1 aliphatic carbocycles. The molecule has 1 aliphatic rings. The van der Waals surface area contributed by atoms with Crippen LogP contribution in [0.1, 0.15) is 67.7 Å². The van der Waals surface area contributed by atoms with Gasteiger partial charge in [0.1, 0.15) is 0 Å². The summed E-state index contributed by atoms with van der Waals surface area (Å²) in [7, 11) is 0. The number of rotatable bonds is 0. The smallest absolute Gasteiger partial charge is 0.00463 e. The van der Waals surface area contributed by atoms with Gasteiger partial charge in [-0.2, -0.15) is 0 Å². The molecule has 0 N–H and O–H groups in total. The van der Waals surface area contributed by atoms with E-state index < -0.39 is 0 Å². The van der Waals surface area contributed by atoms with Crippen LogP contribution in [0.5, 0.6) is 0 Å². The summed E-state index contributed by atoms with van der Waals surface area (Å²) in [6.45, 7) is 15.2. The Morgan fingerprint density at radius 3 is 1.57 bits per heavy atom. The van der Waals surface area contributed by atoms with E-state index in [4.69, 9.17) is 0 Å². The van der Waals surface area contributed by atoms with E-state index in [1.807, 2.05) is 18.2 Å². The first-order valence-corrected chi connectivity index (χ1v) is 9.22. The SMILES string of the molecule is C1CC1.CC(C)(C)C.CC(C)C.Sc1ccc2ccccc2c1. The number of benzene rings is 2. The maximum Gasteiger partial charge on any atom is 0.00463 e. The lowest BCUT2D eigenvalue weighted by molar-refractivity contribution is 0.469. The minimum Gasteiger partial charge on any atom is -0.143 e. The van der Waals surface area contributed by atoms with Crippen LogP contribution in [0.2, 0.25) is 0 Å². The predicted octanol–water partition coefficient (Wildman–Crippen LogP) is 8.01. The largest absolute Gasteiger partial charge is 0.143 e. The Labute approximate surface area is 150 Å². The molecule has 0 amide bonds. The first kappa shape index (κ1) is 22.1. The zero-order valence-corrected chi connectivity index (χ0v) is 17.1. The molecule has 3 rings (SSSR count). The molecule has 0 aliphatic heterocycles. The summed E-state index contributed by atoms with van der Waals surface area (Å²) in [6.07, 6.45) is 4.50. The second-order valence-corrected chi connectivity index (χ2v) is 8.84. The summed E-state index contributed by atoms with van der Waals surface area (Å²) in [5.74, 6) is 0.833. The lowest BCUT2D eigenvalue weighted by Gasteiger charge is -2.05. The highest BCUT2D eigenvalue weighted by Crippen LogP contribution is 2.17. The maximum atomic E-state index is 4.26. The maximum absolute atomic E-state index is 4.26. The second-order valence-electron chi connectivity index (χ2n) is 8.32. The van der Waals surface area contributed by atoms with Crippen molar-refractivity contribution < 1.29 is 0 Å². The van der Waals surface area contributed by atoms with Gasteiger partial charge < -0.3 is 0 Å². The average molecular weight is 333 g/mol. The van der Waals surface area contributed by atoms with Crippen LogP contribution in [0.25, 0.3) is 10.8 Å². The van der Waals surface area contributed by atoms with Crippen LogP contribution in [0.3, 0.4) is 0 Å². The first-order valence-electron chi connectivity index (χ1n) is 8.77. The van der Waals surface area contributed by atoms with Crippen molar-refractivity contribution in [2.24, 2.45) is 11.3 Å². The van der Waals surface area contributed by atoms with Crippen molar-refractivity contribution >= 4 is 23.4 Å². The lowest BCUT2D eigenvalue weighted by atomic mass is 10.0. The number of thiol groups is 1. The van der Waals surface area contributed by atoms with Crippen LogP contribution < -0.4 is 0 Å². The van der Waals surface area contributed by atoms with Gasteiger partial charge in [-0.1, -0.05) is 98.1 Å². The Hall–Kier alpha value is -0.950. The molecule has 2 aromatic carbocycles. The highest BCUT2D eigenvalue weighted by molar-refractivity contribution is 7.80. The molecule has 1 heteroatoms.